The molecule has 78 valence electrons. The first-order valence-corrected chi connectivity index (χ1v) is 5.11. The quantitative estimate of drug-likeness (QED) is 0.725. The average Bonchev–Trinajstić information content (AvgIpc) is 2.77. The molecule has 1 saturated carbocycles. The van der Waals surface area contributed by atoms with Gasteiger partial charge in [-0.1, -0.05) is 0 Å². The van der Waals surface area contributed by atoms with Crippen LogP contribution >= 0.6 is 0 Å². The Hall–Kier alpha value is -1.06. The minimum absolute atomic E-state index is 0.00755. The Morgan fingerprint density at radius 3 is 2.29 bits per heavy atom. The zero-order valence-electron chi connectivity index (χ0n) is 8.27. The van der Waals surface area contributed by atoms with Crippen LogP contribution in [0.25, 0.3) is 0 Å². The molecule has 0 aromatic heterocycles. The maximum Gasteiger partial charge on any atom is 0.308 e. The van der Waals surface area contributed by atoms with Crippen LogP contribution in [0, 0.1) is 11.8 Å². The van der Waals surface area contributed by atoms with E-state index in [4.69, 9.17) is 5.11 Å². The lowest BCUT2D eigenvalue weighted by Gasteiger charge is -2.43. The van der Waals surface area contributed by atoms with Gasteiger partial charge in [0.25, 0.3) is 0 Å². The molecular weight excluding hydrogens is 182 g/mol. The lowest BCUT2D eigenvalue weighted by atomic mass is 9.85. The van der Waals surface area contributed by atoms with Gasteiger partial charge in [-0.2, -0.15) is 0 Å². The molecule has 0 radical (unpaired) electrons. The summed E-state index contributed by atoms with van der Waals surface area (Å²) in [5, 5.41) is 9.08. The SMILES string of the molecule is CC(=O)N1CCC1C(C(=O)O)C1CC1. The number of nitrogens with zero attached hydrogens (tertiary/aromatic N) is 1. The van der Waals surface area contributed by atoms with E-state index in [2.05, 4.69) is 0 Å². The third-order valence-electron chi connectivity index (χ3n) is 3.30. The molecule has 1 heterocycles. The third-order valence-corrected chi connectivity index (χ3v) is 3.30. The van der Waals surface area contributed by atoms with Gasteiger partial charge in [0.2, 0.25) is 5.91 Å². The number of carboxylic acid groups (broad SMARTS) is 1. The van der Waals surface area contributed by atoms with Gasteiger partial charge < -0.3 is 10.0 Å². The van der Waals surface area contributed by atoms with Crippen LogP contribution in [0.5, 0.6) is 0 Å². The predicted molar refractivity (Wildman–Crippen MR) is 49.6 cm³/mol. The number of carboxylic acids is 1. The lowest BCUT2D eigenvalue weighted by molar-refractivity contribution is -0.152. The second-order valence-electron chi connectivity index (χ2n) is 4.27. The van der Waals surface area contributed by atoms with Crippen molar-refractivity contribution in [2.45, 2.75) is 32.2 Å². The Balaban J connectivity index is 2.04. The van der Waals surface area contributed by atoms with Crippen molar-refractivity contribution in [1.82, 2.24) is 4.90 Å². The molecule has 1 amide bonds. The number of hydrogen-bond donors (Lipinski definition) is 1. The summed E-state index contributed by atoms with van der Waals surface area (Å²) in [6.45, 7) is 2.24. The van der Waals surface area contributed by atoms with E-state index in [9.17, 15) is 9.59 Å². The molecule has 0 spiro atoms. The van der Waals surface area contributed by atoms with E-state index in [0.29, 0.717) is 5.92 Å². The standard InChI is InChI=1S/C10H15NO3/c1-6(12)11-5-4-8(11)9(10(13)14)7-2-3-7/h7-9H,2-5H2,1H3,(H,13,14). The molecule has 2 atom stereocenters. The fourth-order valence-corrected chi connectivity index (χ4v) is 2.31. The Morgan fingerprint density at radius 2 is 2.00 bits per heavy atom. The Morgan fingerprint density at radius 1 is 1.36 bits per heavy atom. The topological polar surface area (TPSA) is 57.6 Å². The minimum atomic E-state index is -0.733. The first-order chi connectivity index (χ1) is 6.61. The molecule has 1 aliphatic heterocycles. The van der Waals surface area contributed by atoms with Crippen LogP contribution in [-0.2, 0) is 9.59 Å². The van der Waals surface area contributed by atoms with Crippen LogP contribution < -0.4 is 0 Å². The molecule has 0 bridgehead atoms. The van der Waals surface area contributed by atoms with E-state index in [1.54, 1.807) is 4.90 Å². The van der Waals surface area contributed by atoms with Gasteiger partial charge in [0.1, 0.15) is 0 Å². The Kier molecular flexibility index (Phi) is 2.21. The molecule has 1 saturated heterocycles. The normalized spacial score (nSPS) is 28.1. The minimum Gasteiger partial charge on any atom is -0.481 e. The van der Waals surface area contributed by atoms with Gasteiger partial charge >= 0.3 is 5.97 Å². The highest BCUT2D eigenvalue weighted by Crippen LogP contribution is 2.43. The van der Waals surface area contributed by atoms with Crippen LogP contribution in [0.2, 0.25) is 0 Å². The third kappa shape index (κ3) is 1.49. The summed E-state index contributed by atoms with van der Waals surface area (Å²) in [5.41, 5.74) is 0. The van der Waals surface area contributed by atoms with E-state index in [0.717, 1.165) is 25.8 Å². The number of rotatable bonds is 3. The smallest absolute Gasteiger partial charge is 0.308 e. The van der Waals surface area contributed by atoms with Crippen molar-refractivity contribution in [2.24, 2.45) is 11.8 Å². The van der Waals surface area contributed by atoms with E-state index >= 15 is 0 Å². The van der Waals surface area contributed by atoms with Crippen LogP contribution in [0.1, 0.15) is 26.2 Å². The molecule has 2 fully saturated rings. The lowest BCUT2D eigenvalue weighted by Crippen LogP contribution is -2.56. The molecule has 0 aromatic rings. The Labute approximate surface area is 82.9 Å². The van der Waals surface area contributed by atoms with Crippen molar-refractivity contribution in [3.8, 4) is 0 Å². The molecule has 2 rings (SSSR count). The number of aliphatic carboxylic acids is 1. The van der Waals surface area contributed by atoms with Crippen LogP contribution in [0.4, 0.5) is 0 Å². The van der Waals surface area contributed by atoms with E-state index in [1.807, 2.05) is 0 Å². The summed E-state index contributed by atoms with van der Waals surface area (Å²) < 4.78 is 0. The van der Waals surface area contributed by atoms with Crippen molar-refractivity contribution in [1.29, 1.82) is 0 Å². The van der Waals surface area contributed by atoms with Crippen LogP contribution in [0.15, 0.2) is 0 Å². The highest BCUT2D eigenvalue weighted by molar-refractivity contribution is 5.77. The summed E-state index contributed by atoms with van der Waals surface area (Å²) >= 11 is 0. The molecule has 4 nitrogen and oxygen atoms in total. The number of hydrogen-bond acceptors (Lipinski definition) is 2. The van der Waals surface area contributed by atoms with Gasteiger partial charge in [-0.3, -0.25) is 9.59 Å². The number of carbonyl (C=O) groups is 2. The largest absolute Gasteiger partial charge is 0.481 e. The van der Waals surface area contributed by atoms with Crippen LogP contribution in [0.3, 0.4) is 0 Å². The second kappa shape index (κ2) is 3.26. The fraction of sp³-hybridized carbons (Fsp3) is 0.800. The van der Waals surface area contributed by atoms with Gasteiger partial charge in [-0.25, -0.2) is 0 Å². The van der Waals surface area contributed by atoms with E-state index < -0.39 is 5.97 Å². The first kappa shape index (κ1) is 9.49. The van der Waals surface area contributed by atoms with Crippen molar-refractivity contribution < 1.29 is 14.7 Å². The summed E-state index contributed by atoms with van der Waals surface area (Å²) in [6.07, 6.45) is 2.88. The van der Waals surface area contributed by atoms with Crippen molar-refractivity contribution >= 4 is 11.9 Å². The summed E-state index contributed by atoms with van der Waals surface area (Å²) in [7, 11) is 0. The summed E-state index contributed by atoms with van der Waals surface area (Å²) in [4.78, 5) is 23.9. The van der Waals surface area contributed by atoms with Crippen LogP contribution in [-0.4, -0.2) is 34.5 Å². The van der Waals surface area contributed by atoms with E-state index in [-0.39, 0.29) is 17.9 Å². The zero-order chi connectivity index (χ0) is 10.3. The molecular formula is C10H15NO3. The molecule has 2 unspecified atom stereocenters. The predicted octanol–water partition coefficient (Wildman–Crippen LogP) is 0.718. The maximum atomic E-state index is 11.1. The zero-order valence-corrected chi connectivity index (χ0v) is 8.27. The molecule has 1 N–H and O–H groups in total. The Bertz CT molecular complexity index is 273. The molecule has 4 heteroatoms. The van der Waals surface area contributed by atoms with Gasteiger partial charge in [-0.05, 0) is 25.2 Å². The van der Waals surface area contributed by atoms with Gasteiger partial charge in [0, 0.05) is 19.5 Å². The monoisotopic (exact) mass is 197 g/mol. The number of carbonyl (C=O) groups excluding carboxylic acids is 1. The highest BCUT2D eigenvalue weighted by atomic mass is 16.4. The maximum absolute atomic E-state index is 11.1. The average molecular weight is 197 g/mol. The van der Waals surface area contributed by atoms with Crippen molar-refractivity contribution in [2.75, 3.05) is 6.54 Å². The summed E-state index contributed by atoms with van der Waals surface area (Å²) in [6, 6.07) is -0.0301. The van der Waals surface area contributed by atoms with Gasteiger partial charge in [0.15, 0.2) is 0 Å². The first-order valence-electron chi connectivity index (χ1n) is 5.11. The second-order valence-corrected chi connectivity index (χ2v) is 4.27. The molecule has 0 aromatic carbocycles. The number of amides is 1. The van der Waals surface area contributed by atoms with Crippen molar-refractivity contribution in [3.63, 3.8) is 0 Å². The molecule has 2 aliphatic rings. The fourth-order valence-electron chi connectivity index (χ4n) is 2.31. The van der Waals surface area contributed by atoms with E-state index in [1.165, 1.54) is 6.92 Å². The highest BCUT2D eigenvalue weighted by Gasteiger charge is 2.47. The summed E-state index contributed by atoms with van der Waals surface area (Å²) in [5.74, 6) is -0.719. The molecule has 14 heavy (non-hydrogen) atoms. The molecule has 1 aliphatic carbocycles. The van der Waals surface area contributed by atoms with Gasteiger partial charge in [0.05, 0.1) is 5.92 Å². The van der Waals surface area contributed by atoms with Crippen molar-refractivity contribution in [3.05, 3.63) is 0 Å². The number of likely N-dealkylation sites (tertiary alicyclic amines) is 1. The van der Waals surface area contributed by atoms with Gasteiger partial charge in [-0.15, -0.1) is 0 Å².